The Kier molecular flexibility index (Phi) is 4.60. The van der Waals surface area contributed by atoms with Crippen LogP contribution in [0.5, 0.6) is 0 Å². The van der Waals surface area contributed by atoms with E-state index in [0.29, 0.717) is 39.1 Å². The first-order chi connectivity index (χ1) is 13.7. The number of aromatic nitrogens is 3. The number of rotatable bonds is 5. The van der Waals surface area contributed by atoms with E-state index in [9.17, 15) is 4.39 Å². The van der Waals surface area contributed by atoms with Crippen molar-refractivity contribution >= 4 is 22.4 Å². The second kappa shape index (κ2) is 7.36. The molecule has 4 rings (SSSR count). The van der Waals surface area contributed by atoms with Gasteiger partial charge in [0, 0.05) is 34.5 Å². The van der Waals surface area contributed by atoms with Gasteiger partial charge in [-0.25, -0.2) is 14.4 Å². The summed E-state index contributed by atoms with van der Waals surface area (Å²) in [6.45, 7) is 3.67. The van der Waals surface area contributed by atoms with E-state index in [0.717, 1.165) is 0 Å². The van der Waals surface area contributed by atoms with Gasteiger partial charge in [0.2, 0.25) is 0 Å². The lowest BCUT2D eigenvalue weighted by Crippen LogP contribution is -2.08. The van der Waals surface area contributed by atoms with Gasteiger partial charge in [0.15, 0.2) is 5.65 Å². The monoisotopic (exact) mass is 369 g/mol. The molecular formula is C22H16FN5. The Morgan fingerprint density at radius 1 is 1.07 bits per heavy atom. The number of hydrogen-bond donors (Lipinski definition) is 2. The molecule has 0 atom stereocenters. The van der Waals surface area contributed by atoms with Crippen molar-refractivity contribution in [1.29, 1.82) is 5.41 Å². The van der Waals surface area contributed by atoms with Crippen LogP contribution >= 0.6 is 0 Å². The van der Waals surface area contributed by atoms with E-state index >= 15 is 0 Å². The van der Waals surface area contributed by atoms with Crippen molar-refractivity contribution in [2.75, 3.05) is 5.32 Å². The molecule has 3 aromatic heterocycles. The molecule has 0 radical (unpaired) electrons. The molecule has 0 fully saturated rings. The quantitative estimate of drug-likeness (QED) is 0.496. The highest BCUT2D eigenvalue weighted by Gasteiger charge is 2.17. The van der Waals surface area contributed by atoms with Crippen molar-refractivity contribution in [3.8, 4) is 11.3 Å². The van der Waals surface area contributed by atoms with E-state index < -0.39 is 0 Å². The van der Waals surface area contributed by atoms with Crippen LogP contribution in [0.25, 0.3) is 22.3 Å². The first-order valence-corrected chi connectivity index (χ1v) is 8.60. The number of nitrogens with one attached hydrogen (secondary N) is 2. The molecule has 0 amide bonds. The summed E-state index contributed by atoms with van der Waals surface area (Å²) in [6.07, 6.45) is 6.41. The molecule has 4 aromatic rings. The average molecular weight is 369 g/mol. The fraction of sp³-hybridized carbons (Fsp3) is 0. The van der Waals surface area contributed by atoms with Gasteiger partial charge in [0.05, 0.1) is 23.3 Å². The highest BCUT2D eigenvalue weighted by Crippen LogP contribution is 2.28. The fourth-order valence-electron chi connectivity index (χ4n) is 3.05. The van der Waals surface area contributed by atoms with E-state index in [-0.39, 0.29) is 11.5 Å². The van der Waals surface area contributed by atoms with E-state index in [1.807, 2.05) is 6.07 Å². The van der Waals surface area contributed by atoms with Gasteiger partial charge in [-0.05, 0) is 42.6 Å². The van der Waals surface area contributed by atoms with Crippen LogP contribution in [0.4, 0.5) is 10.1 Å². The maximum atomic E-state index is 14.4. The Hall–Kier alpha value is -3.93. The molecule has 0 aliphatic rings. The Morgan fingerprint density at radius 2 is 1.93 bits per heavy atom. The summed E-state index contributed by atoms with van der Waals surface area (Å²) in [4.78, 5) is 12.9. The van der Waals surface area contributed by atoms with Gasteiger partial charge in [-0.2, -0.15) is 0 Å². The fourth-order valence-corrected chi connectivity index (χ4v) is 3.05. The van der Waals surface area contributed by atoms with Crippen LogP contribution in [0, 0.1) is 11.2 Å². The number of anilines is 1. The van der Waals surface area contributed by atoms with E-state index in [4.69, 9.17) is 5.41 Å². The minimum atomic E-state index is -0.374. The zero-order valence-electron chi connectivity index (χ0n) is 14.9. The number of benzene rings is 1. The molecule has 0 unspecified atom stereocenters. The number of hydrogen-bond acceptors (Lipinski definition) is 5. The van der Waals surface area contributed by atoms with Gasteiger partial charge in [0.25, 0.3) is 0 Å². The van der Waals surface area contributed by atoms with E-state index in [1.54, 1.807) is 55.0 Å². The van der Waals surface area contributed by atoms with Crippen LogP contribution in [0.15, 0.2) is 79.9 Å². The first-order valence-electron chi connectivity index (χ1n) is 8.60. The van der Waals surface area contributed by atoms with Crippen LogP contribution in [0.3, 0.4) is 0 Å². The lowest BCUT2D eigenvalue weighted by atomic mass is 9.97. The van der Waals surface area contributed by atoms with Gasteiger partial charge < -0.3 is 5.32 Å². The van der Waals surface area contributed by atoms with Crippen LogP contribution in [-0.2, 0) is 0 Å². The van der Waals surface area contributed by atoms with Gasteiger partial charge in [0.1, 0.15) is 5.82 Å². The van der Waals surface area contributed by atoms with Crippen molar-refractivity contribution < 1.29 is 4.39 Å². The summed E-state index contributed by atoms with van der Waals surface area (Å²) in [7, 11) is 0. The Labute approximate surface area is 161 Å². The highest BCUT2D eigenvalue weighted by atomic mass is 19.1. The standard InChI is InChI=1S/C22H16FN5/c1-2-26-20-13-25-11-9-16(20)21(24)17-12-19(15-6-3-4-8-18(15)23)28-22-14(17)7-5-10-27-22/h2-13,24,26H,1H2. The third-order valence-corrected chi connectivity index (χ3v) is 4.35. The predicted octanol–water partition coefficient (Wildman–Crippen LogP) is 4.80. The smallest absolute Gasteiger partial charge is 0.160 e. The topological polar surface area (TPSA) is 74.6 Å². The molecule has 0 saturated heterocycles. The molecule has 0 aliphatic carbocycles. The second-order valence-electron chi connectivity index (χ2n) is 6.05. The molecule has 1 aromatic carbocycles. The second-order valence-corrected chi connectivity index (χ2v) is 6.05. The van der Waals surface area contributed by atoms with Crippen molar-refractivity contribution in [2.45, 2.75) is 0 Å². The zero-order chi connectivity index (χ0) is 19.5. The summed E-state index contributed by atoms with van der Waals surface area (Å²) in [6, 6.07) is 13.6. The largest absolute Gasteiger partial charge is 0.360 e. The van der Waals surface area contributed by atoms with Crippen molar-refractivity contribution in [2.24, 2.45) is 0 Å². The summed E-state index contributed by atoms with van der Waals surface area (Å²) in [5.74, 6) is -0.374. The molecule has 0 saturated carbocycles. The maximum Gasteiger partial charge on any atom is 0.160 e. The summed E-state index contributed by atoms with van der Waals surface area (Å²) < 4.78 is 14.4. The summed E-state index contributed by atoms with van der Waals surface area (Å²) >= 11 is 0. The zero-order valence-corrected chi connectivity index (χ0v) is 14.9. The van der Waals surface area contributed by atoms with Gasteiger partial charge in [-0.15, -0.1) is 0 Å². The molecular weight excluding hydrogens is 353 g/mol. The van der Waals surface area contributed by atoms with Crippen molar-refractivity contribution in [3.05, 3.63) is 96.8 Å². The minimum absolute atomic E-state index is 0.254. The molecule has 0 aliphatic heterocycles. The number of pyridine rings is 3. The maximum absolute atomic E-state index is 14.4. The lowest BCUT2D eigenvalue weighted by molar-refractivity contribution is 0.631. The van der Waals surface area contributed by atoms with Crippen molar-refractivity contribution in [3.63, 3.8) is 0 Å². The molecule has 5 nitrogen and oxygen atoms in total. The summed E-state index contributed by atoms with van der Waals surface area (Å²) in [5.41, 5.74) is 3.41. The molecule has 2 N–H and O–H groups in total. The number of halogens is 1. The number of fused-ring (bicyclic) bond motifs is 1. The number of nitrogens with zero attached hydrogens (tertiary/aromatic N) is 3. The third kappa shape index (κ3) is 3.12. The lowest BCUT2D eigenvalue weighted by Gasteiger charge is -2.13. The van der Waals surface area contributed by atoms with Crippen molar-refractivity contribution in [1.82, 2.24) is 15.0 Å². The van der Waals surface area contributed by atoms with Crippen LogP contribution in [0.1, 0.15) is 11.1 Å². The van der Waals surface area contributed by atoms with Gasteiger partial charge >= 0.3 is 0 Å². The first kappa shape index (κ1) is 17.5. The van der Waals surface area contributed by atoms with Crippen LogP contribution in [-0.4, -0.2) is 20.7 Å². The molecule has 136 valence electrons. The molecule has 28 heavy (non-hydrogen) atoms. The third-order valence-electron chi connectivity index (χ3n) is 4.35. The Morgan fingerprint density at radius 3 is 2.75 bits per heavy atom. The molecule has 6 heteroatoms. The molecule has 3 heterocycles. The van der Waals surface area contributed by atoms with Gasteiger partial charge in [-0.3, -0.25) is 10.4 Å². The van der Waals surface area contributed by atoms with Gasteiger partial charge in [-0.1, -0.05) is 18.7 Å². The SMILES string of the molecule is C=CNc1cnccc1C(=N)c1cc(-c2ccccc2F)nc2ncccc12. The normalized spacial score (nSPS) is 10.6. The van der Waals surface area contributed by atoms with Crippen LogP contribution < -0.4 is 5.32 Å². The van der Waals surface area contributed by atoms with E-state index in [2.05, 4.69) is 26.8 Å². The minimum Gasteiger partial charge on any atom is -0.360 e. The highest BCUT2D eigenvalue weighted by molar-refractivity contribution is 6.19. The average Bonchev–Trinajstić information content (AvgIpc) is 2.73. The molecule has 0 spiro atoms. The Balaban J connectivity index is 1.95. The Bertz CT molecular complexity index is 1200. The summed E-state index contributed by atoms with van der Waals surface area (Å²) in [5, 5.41) is 12.5. The van der Waals surface area contributed by atoms with E-state index in [1.165, 1.54) is 12.3 Å². The van der Waals surface area contributed by atoms with Crippen LogP contribution in [0.2, 0.25) is 0 Å². The predicted molar refractivity (Wildman–Crippen MR) is 109 cm³/mol. The molecule has 0 bridgehead atoms.